The molecule has 0 saturated heterocycles. The number of halogens is 1. The number of phenolic OH excluding ortho intramolecular Hbond substituents is 1. The quantitative estimate of drug-likeness (QED) is 0.363. The maximum absolute atomic E-state index is 15.1. The average Bonchev–Trinajstić information content (AvgIpc) is 2.77. The monoisotopic (exact) mass is 530 g/mol. The summed E-state index contributed by atoms with van der Waals surface area (Å²) in [6, 6.07) is 0.0837. The number of phenols is 1. The summed E-state index contributed by atoms with van der Waals surface area (Å²) < 4.78 is 15.1. The van der Waals surface area contributed by atoms with Crippen molar-refractivity contribution in [1.82, 2.24) is 4.90 Å². The van der Waals surface area contributed by atoms with Crippen LogP contribution in [-0.2, 0) is 27.2 Å². The Bertz CT molecular complexity index is 1310. The standard InChI is InChI=1S/C28H35FN2O7/c1-27(2,3)8-6-7-14-16(29)11-13-9-12-10-15-20(31(4)5)23(34)19(26(30)37)25(36)28(15,38)24(35)18(12)22(33)17(13)21(14)32/h11-12,15,20,32-33,36,38H,6-10H2,1-5H3,(H2,30,37)/t12-,15-,20-,28-/m0/s1. The van der Waals surface area contributed by atoms with Crippen molar-refractivity contribution in [2.24, 2.45) is 23.0 Å². The molecule has 1 aromatic carbocycles. The second-order valence-electron chi connectivity index (χ2n) is 12.1. The smallest absolute Gasteiger partial charge is 0.255 e. The van der Waals surface area contributed by atoms with Crippen molar-refractivity contribution in [1.29, 1.82) is 0 Å². The number of nitrogens with two attached hydrogens (primary N) is 1. The Labute approximate surface area is 220 Å². The molecule has 10 heteroatoms. The maximum Gasteiger partial charge on any atom is 0.255 e. The lowest BCUT2D eigenvalue weighted by Crippen LogP contribution is -2.65. The lowest BCUT2D eigenvalue weighted by Gasteiger charge is -2.50. The molecule has 0 aromatic heterocycles. The SMILES string of the molecule is CN(C)[C@@H]1C(=O)C(C(N)=O)=C(O)[C@@]2(O)C(=O)C3=C(O)c4c(cc(F)c(CCCC(C)(C)C)c4O)C[C@H]3C[C@@H]12. The zero-order valence-corrected chi connectivity index (χ0v) is 22.3. The molecule has 6 N–H and O–H groups in total. The Balaban J connectivity index is 1.86. The summed E-state index contributed by atoms with van der Waals surface area (Å²) >= 11 is 0. The molecule has 206 valence electrons. The van der Waals surface area contributed by atoms with E-state index in [1.165, 1.54) is 25.1 Å². The number of carbonyl (C=O) groups is 3. The van der Waals surface area contributed by atoms with E-state index in [-0.39, 0.29) is 41.4 Å². The molecule has 1 saturated carbocycles. The molecule has 3 aliphatic rings. The van der Waals surface area contributed by atoms with Gasteiger partial charge in [-0.25, -0.2) is 4.39 Å². The highest BCUT2D eigenvalue weighted by Crippen LogP contribution is 2.53. The first kappa shape index (κ1) is 27.8. The molecule has 1 amide bonds. The molecule has 3 aliphatic carbocycles. The summed E-state index contributed by atoms with van der Waals surface area (Å²) in [4.78, 5) is 40.4. The number of amides is 1. The Morgan fingerprint density at radius 2 is 1.84 bits per heavy atom. The lowest BCUT2D eigenvalue weighted by molar-refractivity contribution is -0.153. The van der Waals surface area contributed by atoms with Gasteiger partial charge in [-0.3, -0.25) is 19.3 Å². The second-order valence-corrected chi connectivity index (χ2v) is 12.1. The number of aliphatic hydroxyl groups is 3. The maximum atomic E-state index is 15.1. The average molecular weight is 531 g/mol. The molecule has 38 heavy (non-hydrogen) atoms. The highest BCUT2D eigenvalue weighted by molar-refractivity contribution is 6.24. The molecule has 0 unspecified atom stereocenters. The van der Waals surface area contributed by atoms with Gasteiger partial charge in [-0.1, -0.05) is 20.8 Å². The molecule has 0 spiro atoms. The minimum absolute atomic E-state index is 0.00320. The van der Waals surface area contributed by atoms with Gasteiger partial charge in [0.2, 0.25) is 5.78 Å². The first-order valence-corrected chi connectivity index (χ1v) is 12.7. The molecule has 0 aliphatic heterocycles. The predicted octanol–water partition coefficient (Wildman–Crippen LogP) is 2.47. The van der Waals surface area contributed by atoms with Gasteiger partial charge in [0.05, 0.1) is 11.6 Å². The number of aromatic hydroxyl groups is 1. The van der Waals surface area contributed by atoms with Crippen LogP contribution < -0.4 is 5.73 Å². The van der Waals surface area contributed by atoms with Gasteiger partial charge in [-0.15, -0.1) is 0 Å². The summed E-state index contributed by atoms with van der Waals surface area (Å²) in [5.74, 6) is -7.94. The lowest BCUT2D eigenvalue weighted by atomic mass is 9.57. The molecule has 1 aromatic rings. The predicted molar refractivity (Wildman–Crippen MR) is 137 cm³/mol. The van der Waals surface area contributed by atoms with Crippen molar-refractivity contribution in [2.45, 2.75) is 64.5 Å². The van der Waals surface area contributed by atoms with Crippen LogP contribution in [0.5, 0.6) is 5.75 Å². The number of hydrogen-bond acceptors (Lipinski definition) is 8. The van der Waals surface area contributed by atoms with Crippen molar-refractivity contribution in [3.63, 3.8) is 0 Å². The van der Waals surface area contributed by atoms with Crippen LogP contribution in [0.1, 0.15) is 56.7 Å². The van der Waals surface area contributed by atoms with E-state index in [1.54, 1.807) is 0 Å². The number of primary amides is 1. The molecule has 4 atom stereocenters. The molecule has 4 rings (SSSR count). The third-order valence-electron chi connectivity index (χ3n) is 8.12. The third-order valence-corrected chi connectivity index (χ3v) is 8.12. The molecule has 0 bridgehead atoms. The summed E-state index contributed by atoms with van der Waals surface area (Å²) in [6.07, 6.45) is 1.58. The van der Waals surface area contributed by atoms with Gasteiger partial charge in [-0.05, 0) is 69.2 Å². The molecular formula is C28H35FN2O7. The molecule has 0 radical (unpaired) electrons. The number of nitrogens with zero attached hydrogens (tertiary/aromatic N) is 1. The molecule has 9 nitrogen and oxygen atoms in total. The van der Waals surface area contributed by atoms with Crippen molar-refractivity contribution < 1.29 is 39.2 Å². The van der Waals surface area contributed by atoms with Crippen LogP contribution in [0, 0.1) is 23.1 Å². The van der Waals surface area contributed by atoms with Crippen molar-refractivity contribution in [3.8, 4) is 5.75 Å². The van der Waals surface area contributed by atoms with Crippen LogP contribution in [0.4, 0.5) is 4.39 Å². The fraction of sp³-hybridized carbons (Fsp3) is 0.536. The summed E-state index contributed by atoms with van der Waals surface area (Å²) in [5.41, 5.74) is 1.75. The summed E-state index contributed by atoms with van der Waals surface area (Å²) in [5, 5.41) is 44.8. The summed E-state index contributed by atoms with van der Waals surface area (Å²) in [6.45, 7) is 6.14. The van der Waals surface area contributed by atoms with Gasteiger partial charge >= 0.3 is 0 Å². The van der Waals surface area contributed by atoms with Crippen molar-refractivity contribution in [2.75, 3.05) is 14.1 Å². The molecular weight excluding hydrogens is 495 g/mol. The Kier molecular flexibility index (Phi) is 6.73. The van der Waals surface area contributed by atoms with E-state index in [9.17, 15) is 34.8 Å². The van der Waals surface area contributed by atoms with E-state index in [0.29, 0.717) is 12.0 Å². The van der Waals surface area contributed by atoms with Crippen molar-refractivity contribution in [3.05, 3.63) is 45.5 Å². The first-order chi connectivity index (χ1) is 17.5. The number of likely N-dealkylation sites (N-methyl/N-ethyl adjacent to an activating group) is 1. The highest BCUT2D eigenvalue weighted by atomic mass is 19.1. The minimum atomic E-state index is -2.70. The number of hydrogen-bond donors (Lipinski definition) is 5. The largest absolute Gasteiger partial charge is 0.508 e. The van der Waals surface area contributed by atoms with E-state index in [0.717, 1.165) is 6.42 Å². The van der Waals surface area contributed by atoms with Gasteiger partial charge in [0, 0.05) is 17.1 Å². The van der Waals surface area contributed by atoms with E-state index in [4.69, 9.17) is 5.73 Å². The zero-order chi connectivity index (χ0) is 28.5. The summed E-state index contributed by atoms with van der Waals surface area (Å²) in [7, 11) is 3.06. The Morgan fingerprint density at radius 3 is 2.39 bits per heavy atom. The van der Waals surface area contributed by atoms with Gasteiger partial charge < -0.3 is 26.2 Å². The number of fused-ring (bicyclic) bond motifs is 3. The van der Waals surface area contributed by atoms with E-state index in [2.05, 4.69) is 0 Å². The van der Waals surface area contributed by atoms with Gasteiger partial charge in [-0.2, -0.15) is 0 Å². The van der Waals surface area contributed by atoms with Crippen LogP contribution in [0.15, 0.2) is 23.0 Å². The highest BCUT2D eigenvalue weighted by Gasteiger charge is 2.64. The number of ketones is 2. The van der Waals surface area contributed by atoms with Crippen LogP contribution >= 0.6 is 0 Å². The van der Waals surface area contributed by atoms with E-state index in [1.807, 2.05) is 20.8 Å². The fourth-order valence-electron chi connectivity index (χ4n) is 6.34. The normalized spacial score (nSPS) is 27.4. The third kappa shape index (κ3) is 4.10. The number of Topliss-reactive ketones (excluding diaryl/α,β-unsaturated/α-hetero) is 2. The Hall–Kier alpha value is -3.24. The van der Waals surface area contributed by atoms with E-state index >= 15 is 4.39 Å². The second kappa shape index (κ2) is 9.20. The topological polar surface area (TPSA) is 161 Å². The van der Waals surface area contributed by atoms with Gasteiger partial charge in [0.25, 0.3) is 5.91 Å². The van der Waals surface area contributed by atoms with Crippen LogP contribution in [0.3, 0.4) is 0 Å². The van der Waals surface area contributed by atoms with Gasteiger partial charge in [0.15, 0.2) is 11.4 Å². The zero-order valence-electron chi connectivity index (χ0n) is 22.3. The van der Waals surface area contributed by atoms with Gasteiger partial charge in [0.1, 0.15) is 28.7 Å². The first-order valence-electron chi connectivity index (χ1n) is 12.7. The number of aliphatic hydroxyl groups excluding tert-OH is 2. The number of carbonyl (C=O) groups excluding carboxylic acids is 3. The van der Waals surface area contributed by atoms with Crippen LogP contribution in [-0.4, -0.2) is 68.5 Å². The number of rotatable bonds is 5. The number of benzene rings is 1. The van der Waals surface area contributed by atoms with Crippen molar-refractivity contribution >= 4 is 23.2 Å². The minimum Gasteiger partial charge on any atom is -0.508 e. The van der Waals surface area contributed by atoms with E-state index < -0.39 is 69.6 Å². The molecule has 1 fully saturated rings. The van der Waals surface area contributed by atoms with Crippen LogP contribution in [0.2, 0.25) is 0 Å². The molecule has 0 heterocycles. The van der Waals surface area contributed by atoms with Crippen LogP contribution in [0.25, 0.3) is 5.76 Å². The Morgan fingerprint density at radius 1 is 1.21 bits per heavy atom. The fourth-order valence-corrected chi connectivity index (χ4v) is 6.34.